The number of ether oxygens (including phenoxy) is 2. The maximum atomic E-state index is 12.8. The van der Waals surface area contributed by atoms with Gasteiger partial charge >= 0.3 is 0 Å². The lowest BCUT2D eigenvalue weighted by atomic mass is 10.1. The van der Waals surface area contributed by atoms with Crippen molar-refractivity contribution in [3.05, 3.63) is 48.5 Å². The predicted octanol–water partition coefficient (Wildman–Crippen LogP) is 1.74. The van der Waals surface area contributed by atoms with E-state index >= 15 is 0 Å². The maximum absolute atomic E-state index is 12.8. The Kier molecular flexibility index (Phi) is 4.58. The van der Waals surface area contributed by atoms with E-state index in [1.165, 1.54) is 0 Å². The topological polar surface area (TPSA) is 71.1 Å². The van der Waals surface area contributed by atoms with Crippen molar-refractivity contribution in [3.8, 4) is 11.5 Å². The first-order valence-electron chi connectivity index (χ1n) is 8.90. The summed E-state index contributed by atoms with van der Waals surface area (Å²) in [6.07, 6.45) is -1.14. The summed E-state index contributed by atoms with van der Waals surface area (Å²) in [5.74, 6) is 0.601. The van der Waals surface area contributed by atoms with Gasteiger partial charge in [0.2, 0.25) is 0 Å². The van der Waals surface area contributed by atoms with Gasteiger partial charge in [0, 0.05) is 37.9 Å². The highest BCUT2D eigenvalue weighted by Gasteiger charge is 2.37. The molecule has 0 aliphatic carbocycles. The third kappa shape index (κ3) is 3.40. The minimum absolute atomic E-state index is 0.299. The number of carbonyl (C=O) groups is 2. The second kappa shape index (κ2) is 7.19. The lowest BCUT2D eigenvalue weighted by molar-refractivity contribution is -0.145. The number of benzene rings is 2. The van der Waals surface area contributed by atoms with Crippen molar-refractivity contribution < 1.29 is 19.1 Å². The molecule has 27 heavy (non-hydrogen) atoms. The first-order valence-corrected chi connectivity index (χ1v) is 8.90. The molecule has 0 bridgehead atoms. The summed E-state index contributed by atoms with van der Waals surface area (Å²) in [6, 6.07) is 15.0. The van der Waals surface area contributed by atoms with Crippen molar-refractivity contribution in [3.63, 3.8) is 0 Å². The molecule has 1 fully saturated rings. The Hall–Kier alpha value is -3.22. The number of methoxy groups -OCH3 is 1. The molecule has 1 N–H and O–H groups in total. The van der Waals surface area contributed by atoms with Gasteiger partial charge in [-0.05, 0) is 24.3 Å². The van der Waals surface area contributed by atoms with E-state index < -0.39 is 12.0 Å². The third-order valence-electron chi connectivity index (χ3n) is 4.86. The maximum Gasteiger partial charge on any atom is 0.275 e. The number of para-hydroxylation sites is 2. The summed E-state index contributed by atoms with van der Waals surface area (Å²) in [5.41, 5.74) is 1.65. The van der Waals surface area contributed by atoms with Gasteiger partial charge in [0.25, 0.3) is 17.9 Å². The van der Waals surface area contributed by atoms with Gasteiger partial charge in [-0.3, -0.25) is 9.59 Å². The van der Waals surface area contributed by atoms with Crippen molar-refractivity contribution in [1.82, 2.24) is 4.90 Å². The van der Waals surface area contributed by atoms with Crippen LogP contribution in [-0.2, 0) is 9.59 Å². The molecule has 0 saturated carbocycles. The van der Waals surface area contributed by atoms with E-state index in [2.05, 4.69) is 10.2 Å². The Morgan fingerprint density at radius 2 is 1.89 bits per heavy atom. The van der Waals surface area contributed by atoms with Gasteiger partial charge in [-0.25, -0.2) is 0 Å². The number of nitrogens with zero attached hydrogens (tertiary/aromatic N) is 2. The number of rotatable bonds is 3. The molecule has 2 aromatic carbocycles. The number of fused-ring (bicyclic) bond motifs is 1. The number of piperazine rings is 1. The molecule has 2 heterocycles. The fourth-order valence-corrected chi connectivity index (χ4v) is 3.37. The van der Waals surface area contributed by atoms with Crippen LogP contribution < -0.4 is 19.7 Å². The summed E-state index contributed by atoms with van der Waals surface area (Å²) >= 11 is 0. The molecule has 2 aliphatic heterocycles. The number of carbonyl (C=O) groups excluding carboxylic acids is 2. The largest absolute Gasteiger partial charge is 0.497 e. The fraction of sp³-hybridized carbons (Fsp3) is 0.300. The van der Waals surface area contributed by atoms with Gasteiger partial charge in [0.1, 0.15) is 11.5 Å². The van der Waals surface area contributed by atoms with Crippen LogP contribution in [0, 0.1) is 0 Å². The van der Waals surface area contributed by atoms with Crippen molar-refractivity contribution in [2.45, 2.75) is 6.10 Å². The van der Waals surface area contributed by atoms with E-state index in [0.29, 0.717) is 37.6 Å². The van der Waals surface area contributed by atoms with Crippen molar-refractivity contribution in [2.24, 2.45) is 0 Å². The highest BCUT2D eigenvalue weighted by Crippen LogP contribution is 2.29. The van der Waals surface area contributed by atoms with Gasteiger partial charge in [0.15, 0.2) is 0 Å². The molecule has 7 heteroatoms. The first kappa shape index (κ1) is 17.2. The van der Waals surface area contributed by atoms with Crippen LogP contribution >= 0.6 is 0 Å². The monoisotopic (exact) mass is 367 g/mol. The summed E-state index contributed by atoms with van der Waals surface area (Å²) in [7, 11) is 1.64. The van der Waals surface area contributed by atoms with E-state index in [1.807, 2.05) is 36.4 Å². The number of anilines is 2. The molecule has 0 radical (unpaired) electrons. The lowest BCUT2D eigenvalue weighted by Crippen LogP contribution is -2.55. The van der Waals surface area contributed by atoms with Crippen LogP contribution in [0.5, 0.6) is 11.5 Å². The van der Waals surface area contributed by atoms with Crippen molar-refractivity contribution in [2.75, 3.05) is 43.5 Å². The minimum atomic E-state index is -1.14. The molecule has 2 aliphatic rings. The molecule has 2 amide bonds. The molecule has 7 nitrogen and oxygen atoms in total. The highest BCUT2D eigenvalue weighted by molar-refractivity contribution is 6.11. The summed E-state index contributed by atoms with van der Waals surface area (Å²) < 4.78 is 10.9. The molecular formula is C20H21N3O4. The van der Waals surface area contributed by atoms with Crippen LogP contribution in [0.1, 0.15) is 0 Å². The van der Waals surface area contributed by atoms with Crippen LogP contribution in [0.25, 0.3) is 0 Å². The summed E-state index contributed by atoms with van der Waals surface area (Å²) in [4.78, 5) is 29.0. The van der Waals surface area contributed by atoms with Gasteiger partial charge in [-0.15, -0.1) is 0 Å². The zero-order valence-corrected chi connectivity index (χ0v) is 15.1. The molecule has 0 unspecified atom stereocenters. The van der Waals surface area contributed by atoms with Gasteiger partial charge < -0.3 is 24.6 Å². The fourth-order valence-electron chi connectivity index (χ4n) is 3.37. The molecule has 1 saturated heterocycles. The van der Waals surface area contributed by atoms with Crippen molar-refractivity contribution >= 4 is 23.2 Å². The van der Waals surface area contributed by atoms with Crippen LogP contribution in [0.3, 0.4) is 0 Å². The normalized spacial score (nSPS) is 19.0. The number of nitrogens with one attached hydrogen (secondary N) is 1. The zero-order valence-electron chi connectivity index (χ0n) is 15.1. The molecule has 2 aromatic rings. The van der Waals surface area contributed by atoms with Crippen LogP contribution in [0.2, 0.25) is 0 Å². The molecule has 0 spiro atoms. The standard InChI is InChI=1S/C20H21N3O4/c1-26-15-6-4-5-14(13-15)22-9-11-23(12-10-22)20(25)18-19(24)21-16-7-2-3-8-17(16)27-18/h2-8,13,18H,9-12H2,1H3,(H,21,24)/t18-/m0/s1. The minimum Gasteiger partial charge on any atom is -0.497 e. The van der Waals surface area contributed by atoms with E-state index in [0.717, 1.165) is 11.4 Å². The van der Waals surface area contributed by atoms with Gasteiger partial charge in [-0.2, -0.15) is 0 Å². The summed E-state index contributed by atoms with van der Waals surface area (Å²) in [6.45, 7) is 2.43. The van der Waals surface area contributed by atoms with E-state index in [1.54, 1.807) is 24.1 Å². The SMILES string of the molecule is COc1cccc(N2CCN(C(=O)[C@H]3Oc4ccccc4NC3=O)CC2)c1. The first-order chi connectivity index (χ1) is 13.2. The van der Waals surface area contributed by atoms with Gasteiger partial charge in [0.05, 0.1) is 12.8 Å². The Balaban J connectivity index is 1.41. The second-order valence-corrected chi connectivity index (χ2v) is 6.50. The third-order valence-corrected chi connectivity index (χ3v) is 4.86. The second-order valence-electron chi connectivity index (χ2n) is 6.50. The van der Waals surface area contributed by atoms with Crippen molar-refractivity contribution in [1.29, 1.82) is 0 Å². The average Bonchev–Trinajstić information content (AvgIpc) is 2.73. The van der Waals surface area contributed by atoms with E-state index in [4.69, 9.17) is 9.47 Å². The Morgan fingerprint density at radius 1 is 1.11 bits per heavy atom. The van der Waals surface area contributed by atoms with Crippen LogP contribution in [0.4, 0.5) is 11.4 Å². The lowest BCUT2D eigenvalue weighted by Gasteiger charge is -2.38. The van der Waals surface area contributed by atoms with Gasteiger partial charge in [-0.1, -0.05) is 18.2 Å². The Bertz CT molecular complexity index is 862. The predicted molar refractivity (Wildman–Crippen MR) is 101 cm³/mol. The quantitative estimate of drug-likeness (QED) is 0.837. The van der Waals surface area contributed by atoms with E-state index in [-0.39, 0.29) is 5.91 Å². The van der Waals surface area contributed by atoms with E-state index in [9.17, 15) is 9.59 Å². The summed E-state index contributed by atoms with van der Waals surface area (Å²) in [5, 5.41) is 2.74. The molecular weight excluding hydrogens is 346 g/mol. The number of amides is 2. The highest BCUT2D eigenvalue weighted by atomic mass is 16.5. The molecule has 1 atom stereocenters. The smallest absolute Gasteiger partial charge is 0.275 e. The zero-order chi connectivity index (χ0) is 18.8. The van der Waals surface area contributed by atoms with Crippen LogP contribution in [0.15, 0.2) is 48.5 Å². The Morgan fingerprint density at radius 3 is 2.67 bits per heavy atom. The number of hydrogen-bond acceptors (Lipinski definition) is 5. The molecule has 4 rings (SSSR count). The average molecular weight is 367 g/mol. The molecule has 140 valence electrons. The molecule has 0 aromatic heterocycles. The van der Waals surface area contributed by atoms with Crippen LogP contribution in [-0.4, -0.2) is 56.1 Å². The Labute approximate surface area is 157 Å². The number of hydrogen-bond donors (Lipinski definition) is 1.